The zero-order chi connectivity index (χ0) is 17.4. The molecule has 1 N–H and O–H groups in total. The predicted octanol–water partition coefficient (Wildman–Crippen LogP) is 2.25. The highest BCUT2D eigenvalue weighted by Crippen LogP contribution is 2.14. The van der Waals surface area contributed by atoms with Crippen LogP contribution < -0.4 is 5.32 Å². The first-order chi connectivity index (χ1) is 11.6. The van der Waals surface area contributed by atoms with E-state index in [2.05, 4.69) is 10.3 Å². The third-order valence-electron chi connectivity index (χ3n) is 3.25. The third kappa shape index (κ3) is 4.99. The zero-order valence-electron chi connectivity index (χ0n) is 13.2. The number of thiazole rings is 1. The van der Waals surface area contributed by atoms with Crippen LogP contribution in [0.1, 0.15) is 38.4 Å². The van der Waals surface area contributed by atoms with Crippen molar-refractivity contribution >= 4 is 29.5 Å². The van der Waals surface area contributed by atoms with Crippen LogP contribution in [-0.4, -0.2) is 35.8 Å². The van der Waals surface area contributed by atoms with E-state index in [9.17, 15) is 14.4 Å². The SMILES string of the molecule is CCOC(=O)c1ncc(C(=O)N[C@H](C=O)CCc2ccccc2)s1. The summed E-state index contributed by atoms with van der Waals surface area (Å²) < 4.78 is 4.83. The van der Waals surface area contributed by atoms with Crippen molar-refractivity contribution in [2.75, 3.05) is 6.61 Å². The average molecular weight is 346 g/mol. The molecule has 0 fully saturated rings. The number of ether oxygens (including phenoxy) is 1. The second-order valence-electron chi connectivity index (χ2n) is 4.99. The fourth-order valence-electron chi connectivity index (χ4n) is 2.05. The molecule has 1 aromatic carbocycles. The molecule has 6 nitrogen and oxygen atoms in total. The van der Waals surface area contributed by atoms with E-state index in [0.717, 1.165) is 16.9 Å². The lowest BCUT2D eigenvalue weighted by Gasteiger charge is -2.11. The summed E-state index contributed by atoms with van der Waals surface area (Å²) in [5.74, 6) is -0.981. The Hall–Kier alpha value is -2.54. The molecule has 1 heterocycles. The molecule has 0 saturated carbocycles. The van der Waals surface area contributed by atoms with E-state index in [1.807, 2.05) is 30.3 Å². The van der Waals surface area contributed by atoms with Gasteiger partial charge in [-0.2, -0.15) is 0 Å². The third-order valence-corrected chi connectivity index (χ3v) is 4.22. The fourth-order valence-corrected chi connectivity index (χ4v) is 2.76. The molecule has 7 heteroatoms. The van der Waals surface area contributed by atoms with E-state index in [0.29, 0.717) is 19.1 Å². The molecule has 0 aliphatic rings. The number of benzene rings is 1. The number of carbonyl (C=O) groups excluding carboxylic acids is 3. The van der Waals surface area contributed by atoms with Crippen molar-refractivity contribution in [1.82, 2.24) is 10.3 Å². The first kappa shape index (κ1) is 17.8. The first-order valence-corrected chi connectivity index (χ1v) is 8.38. The Morgan fingerprint density at radius 3 is 2.75 bits per heavy atom. The quantitative estimate of drug-likeness (QED) is 0.585. The number of amides is 1. The number of aromatic nitrogens is 1. The van der Waals surface area contributed by atoms with Gasteiger partial charge in [-0.3, -0.25) is 4.79 Å². The fraction of sp³-hybridized carbons (Fsp3) is 0.294. The maximum absolute atomic E-state index is 12.2. The molecule has 0 bridgehead atoms. The highest BCUT2D eigenvalue weighted by Gasteiger charge is 2.18. The smallest absolute Gasteiger partial charge is 0.367 e. The second kappa shape index (κ2) is 8.93. The maximum Gasteiger partial charge on any atom is 0.367 e. The summed E-state index contributed by atoms with van der Waals surface area (Å²) in [6, 6.07) is 9.13. The Morgan fingerprint density at radius 1 is 1.33 bits per heavy atom. The Kier molecular flexibility index (Phi) is 6.62. The van der Waals surface area contributed by atoms with Crippen molar-refractivity contribution in [2.24, 2.45) is 0 Å². The summed E-state index contributed by atoms with van der Waals surface area (Å²) in [6.45, 7) is 1.94. The van der Waals surface area contributed by atoms with Crippen molar-refractivity contribution in [3.63, 3.8) is 0 Å². The number of hydrogen-bond acceptors (Lipinski definition) is 6. The van der Waals surface area contributed by atoms with Crippen LogP contribution in [0.5, 0.6) is 0 Å². The molecule has 0 saturated heterocycles. The molecule has 1 atom stereocenters. The minimum absolute atomic E-state index is 0.119. The van der Waals surface area contributed by atoms with Crippen molar-refractivity contribution < 1.29 is 19.1 Å². The van der Waals surface area contributed by atoms with E-state index >= 15 is 0 Å². The number of esters is 1. The van der Waals surface area contributed by atoms with Gasteiger partial charge in [0.1, 0.15) is 11.2 Å². The molecule has 24 heavy (non-hydrogen) atoms. The number of aryl methyl sites for hydroxylation is 1. The standard InChI is InChI=1S/C17H18N2O4S/c1-2-23-17(22)16-18-10-14(24-16)15(21)19-13(11-20)9-8-12-6-4-3-5-7-12/h3-7,10-11,13H,2,8-9H2,1H3,(H,19,21)/t13-/m0/s1. The van der Waals surface area contributed by atoms with E-state index in [1.165, 1.54) is 6.20 Å². The van der Waals surface area contributed by atoms with Gasteiger partial charge in [0.05, 0.1) is 18.8 Å². The highest BCUT2D eigenvalue weighted by atomic mass is 32.1. The van der Waals surface area contributed by atoms with Gasteiger partial charge in [0.25, 0.3) is 5.91 Å². The topological polar surface area (TPSA) is 85.4 Å². The minimum atomic E-state index is -0.592. The first-order valence-electron chi connectivity index (χ1n) is 7.57. The molecular formula is C17H18N2O4S. The zero-order valence-corrected chi connectivity index (χ0v) is 14.0. The number of nitrogens with one attached hydrogen (secondary N) is 1. The predicted molar refractivity (Wildman–Crippen MR) is 90.2 cm³/mol. The van der Waals surface area contributed by atoms with Gasteiger partial charge in [-0.15, -0.1) is 11.3 Å². The highest BCUT2D eigenvalue weighted by molar-refractivity contribution is 7.15. The second-order valence-corrected chi connectivity index (χ2v) is 6.02. The Bertz CT molecular complexity index is 700. The van der Waals surface area contributed by atoms with Gasteiger partial charge in [-0.1, -0.05) is 30.3 Å². The molecule has 0 aliphatic carbocycles. The number of nitrogens with zero attached hydrogens (tertiary/aromatic N) is 1. The lowest BCUT2D eigenvalue weighted by molar-refractivity contribution is -0.109. The van der Waals surface area contributed by atoms with Gasteiger partial charge in [0.15, 0.2) is 0 Å². The van der Waals surface area contributed by atoms with Gasteiger partial charge < -0.3 is 14.8 Å². The number of rotatable bonds is 8. The van der Waals surface area contributed by atoms with Crippen LogP contribution in [0, 0.1) is 0 Å². The molecule has 2 aromatic rings. The summed E-state index contributed by atoms with van der Waals surface area (Å²) in [6.07, 6.45) is 3.21. The van der Waals surface area contributed by atoms with Crippen LogP contribution in [0.2, 0.25) is 0 Å². The van der Waals surface area contributed by atoms with Crippen LogP contribution in [0.3, 0.4) is 0 Å². The van der Waals surface area contributed by atoms with E-state index in [4.69, 9.17) is 4.74 Å². The summed E-state index contributed by atoms with van der Waals surface area (Å²) in [4.78, 5) is 39.1. The van der Waals surface area contributed by atoms with Crippen LogP contribution in [-0.2, 0) is 16.0 Å². The normalized spacial score (nSPS) is 11.5. The molecule has 0 spiro atoms. The van der Waals surface area contributed by atoms with E-state index in [1.54, 1.807) is 6.92 Å². The van der Waals surface area contributed by atoms with Crippen LogP contribution in [0.25, 0.3) is 0 Å². The molecule has 0 radical (unpaired) electrons. The monoisotopic (exact) mass is 346 g/mol. The summed E-state index contributed by atoms with van der Waals surface area (Å²) in [5, 5.41) is 2.77. The average Bonchev–Trinajstić information content (AvgIpc) is 3.10. The molecule has 2 rings (SSSR count). The van der Waals surface area contributed by atoms with Gasteiger partial charge >= 0.3 is 5.97 Å². The Morgan fingerprint density at radius 2 is 2.08 bits per heavy atom. The summed E-state index contributed by atoms with van der Waals surface area (Å²) in [7, 11) is 0. The molecule has 1 amide bonds. The van der Waals surface area contributed by atoms with Crippen LogP contribution in [0.4, 0.5) is 0 Å². The lowest BCUT2D eigenvalue weighted by Crippen LogP contribution is -2.36. The van der Waals surface area contributed by atoms with Crippen LogP contribution >= 0.6 is 11.3 Å². The van der Waals surface area contributed by atoms with Gasteiger partial charge in [0.2, 0.25) is 5.01 Å². The number of hydrogen-bond donors (Lipinski definition) is 1. The maximum atomic E-state index is 12.2. The van der Waals surface area contributed by atoms with E-state index in [-0.39, 0.29) is 16.5 Å². The molecular weight excluding hydrogens is 328 g/mol. The van der Waals surface area contributed by atoms with Gasteiger partial charge in [-0.25, -0.2) is 9.78 Å². The number of aldehydes is 1. The van der Waals surface area contributed by atoms with E-state index < -0.39 is 17.9 Å². The van der Waals surface area contributed by atoms with Gasteiger partial charge in [0, 0.05) is 0 Å². The summed E-state index contributed by atoms with van der Waals surface area (Å²) in [5.41, 5.74) is 1.10. The molecule has 1 aromatic heterocycles. The van der Waals surface area contributed by atoms with Gasteiger partial charge in [-0.05, 0) is 25.3 Å². The van der Waals surface area contributed by atoms with Crippen molar-refractivity contribution in [3.8, 4) is 0 Å². The molecule has 0 unspecified atom stereocenters. The van der Waals surface area contributed by atoms with Crippen molar-refractivity contribution in [1.29, 1.82) is 0 Å². The number of carbonyl (C=O) groups is 3. The van der Waals surface area contributed by atoms with Crippen LogP contribution in [0.15, 0.2) is 36.5 Å². The lowest BCUT2D eigenvalue weighted by atomic mass is 10.1. The Balaban J connectivity index is 1.92. The van der Waals surface area contributed by atoms with Crippen molar-refractivity contribution in [2.45, 2.75) is 25.8 Å². The molecule has 126 valence electrons. The largest absolute Gasteiger partial charge is 0.461 e. The molecule has 0 aliphatic heterocycles. The minimum Gasteiger partial charge on any atom is -0.461 e. The van der Waals surface area contributed by atoms with Crippen molar-refractivity contribution in [3.05, 3.63) is 52.0 Å². The Labute approximate surface area is 143 Å². The summed E-state index contributed by atoms with van der Waals surface area (Å²) >= 11 is 0.942.